The predicted molar refractivity (Wildman–Crippen MR) is 63.7 cm³/mol. The summed E-state index contributed by atoms with van der Waals surface area (Å²) in [7, 11) is 0. The summed E-state index contributed by atoms with van der Waals surface area (Å²) in [6.07, 6.45) is -1.19. The van der Waals surface area contributed by atoms with E-state index in [1.54, 1.807) is 6.08 Å². The van der Waals surface area contributed by atoms with Gasteiger partial charge in [-0.05, 0) is 18.9 Å². The van der Waals surface area contributed by atoms with Crippen LogP contribution in [-0.2, 0) is 28.8 Å². The Labute approximate surface area is 118 Å². The van der Waals surface area contributed by atoms with E-state index < -0.39 is 12.0 Å². The Hall–Kier alpha value is -2.06. The van der Waals surface area contributed by atoms with Crippen LogP contribution in [0.25, 0.3) is 0 Å². The zero-order valence-electron chi connectivity index (χ0n) is 11.1. The number of ether oxygens (including phenoxy) is 1. The molecule has 0 aliphatic carbocycles. The molecule has 0 spiro atoms. The van der Waals surface area contributed by atoms with Crippen LogP contribution < -0.4 is 0 Å². The molecule has 0 radical (unpaired) electrons. The highest BCUT2D eigenvalue weighted by Crippen LogP contribution is 2.29. The van der Waals surface area contributed by atoms with E-state index in [-0.39, 0.29) is 37.1 Å². The SMILES string of the molecule is O=C(C1=CCCCO1)N1CCn2c(nnc2C(F)(F)F)C1. The molecular formula is C12H13F3N4O2. The molecule has 0 fully saturated rings. The first-order valence-corrected chi connectivity index (χ1v) is 6.58. The number of hydrogen-bond acceptors (Lipinski definition) is 4. The van der Waals surface area contributed by atoms with E-state index >= 15 is 0 Å². The number of rotatable bonds is 1. The number of carbonyl (C=O) groups is 1. The van der Waals surface area contributed by atoms with Gasteiger partial charge in [-0.1, -0.05) is 0 Å². The highest BCUT2D eigenvalue weighted by Gasteiger charge is 2.40. The van der Waals surface area contributed by atoms with Gasteiger partial charge in [0.25, 0.3) is 5.91 Å². The number of carbonyl (C=O) groups excluding carboxylic acids is 1. The third-order valence-corrected chi connectivity index (χ3v) is 3.44. The van der Waals surface area contributed by atoms with Gasteiger partial charge in [-0.3, -0.25) is 4.79 Å². The van der Waals surface area contributed by atoms with Gasteiger partial charge in [-0.2, -0.15) is 13.2 Å². The number of halogens is 3. The van der Waals surface area contributed by atoms with E-state index in [9.17, 15) is 18.0 Å². The highest BCUT2D eigenvalue weighted by atomic mass is 19.4. The van der Waals surface area contributed by atoms with Crippen LogP contribution in [0.4, 0.5) is 13.2 Å². The van der Waals surface area contributed by atoms with Crippen LogP contribution in [0.2, 0.25) is 0 Å². The average molecular weight is 302 g/mol. The number of alkyl halides is 3. The molecule has 6 nitrogen and oxygen atoms in total. The topological polar surface area (TPSA) is 60.2 Å². The minimum atomic E-state index is -4.54. The third-order valence-electron chi connectivity index (χ3n) is 3.44. The second-order valence-corrected chi connectivity index (χ2v) is 4.88. The van der Waals surface area contributed by atoms with Gasteiger partial charge in [0.15, 0.2) is 11.6 Å². The van der Waals surface area contributed by atoms with Crippen molar-refractivity contribution in [3.8, 4) is 0 Å². The molecule has 0 saturated carbocycles. The standard InChI is InChI=1S/C12H13F3N4O2/c13-12(14,15)11-17-16-9-7-18(4-5-19(9)11)10(20)8-3-1-2-6-21-8/h3H,1-2,4-7H2. The lowest BCUT2D eigenvalue weighted by molar-refractivity contribution is -0.148. The summed E-state index contributed by atoms with van der Waals surface area (Å²) in [5, 5.41) is 6.72. The molecule has 0 saturated heterocycles. The monoisotopic (exact) mass is 302 g/mol. The zero-order valence-corrected chi connectivity index (χ0v) is 11.1. The third kappa shape index (κ3) is 2.59. The van der Waals surface area contributed by atoms with Crippen LogP contribution in [0.15, 0.2) is 11.8 Å². The quantitative estimate of drug-likeness (QED) is 0.785. The molecule has 1 aromatic rings. The van der Waals surface area contributed by atoms with Crippen molar-refractivity contribution in [1.82, 2.24) is 19.7 Å². The van der Waals surface area contributed by atoms with E-state index in [0.29, 0.717) is 6.61 Å². The van der Waals surface area contributed by atoms with Crippen LogP contribution >= 0.6 is 0 Å². The van der Waals surface area contributed by atoms with Crippen molar-refractivity contribution in [2.45, 2.75) is 32.1 Å². The minimum Gasteiger partial charge on any atom is -0.488 e. The Morgan fingerprint density at radius 1 is 1.29 bits per heavy atom. The van der Waals surface area contributed by atoms with Crippen LogP contribution in [-0.4, -0.2) is 38.7 Å². The van der Waals surface area contributed by atoms with Gasteiger partial charge in [0, 0.05) is 13.1 Å². The molecule has 114 valence electrons. The van der Waals surface area contributed by atoms with Gasteiger partial charge in [0.05, 0.1) is 13.2 Å². The molecular weight excluding hydrogens is 289 g/mol. The summed E-state index contributed by atoms with van der Waals surface area (Å²) in [4.78, 5) is 13.7. The molecule has 1 amide bonds. The molecule has 1 aromatic heterocycles. The molecule has 9 heteroatoms. The van der Waals surface area contributed by atoms with Gasteiger partial charge in [-0.15, -0.1) is 10.2 Å². The number of fused-ring (bicyclic) bond motifs is 1. The second kappa shape index (κ2) is 5.05. The summed E-state index contributed by atoms with van der Waals surface area (Å²) in [5.41, 5.74) is 0. The predicted octanol–water partition coefficient (Wildman–Crippen LogP) is 1.33. The van der Waals surface area contributed by atoms with Crippen LogP contribution in [0.1, 0.15) is 24.5 Å². The Morgan fingerprint density at radius 2 is 2.10 bits per heavy atom. The highest BCUT2D eigenvalue weighted by molar-refractivity contribution is 5.91. The molecule has 0 N–H and O–H groups in total. The number of hydrogen-bond donors (Lipinski definition) is 0. The van der Waals surface area contributed by atoms with Crippen molar-refractivity contribution >= 4 is 5.91 Å². The van der Waals surface area contributed by atoms with Crippen molar-refractivity contribution < 1.29 is 22.7 Å². The van der Waals surface area contributed by atoms with Crippen LogP contribution in [0, 0.1) is 0 Å². The molecule has 0 bridgehead atoms. The fourth-order valence-corrected chi connectivity index (χ4v) is 2.40. The lowest BCUT2D eigenvalue weighted by atomic mass is 10.2. The molecule has 2 aliphatic heterocycles. The second-order valence-electron chi connectivity index (χ2n) is 4.88. The Kier molecular flexibility index (Phi) is 3.34. The zero-order chi connectivity index (χ0) is 15.0. The van der Waals surface area contributed by atoms with E-state index in [4.69, 9.17) is 4.74 Å². The normalized spacial score (nSPS) is 18.8. The summed E-state index contributed by atoms with van der Waals surface area (Å²) >= 11 is 0. The van der Waals surface area contributed by atoms with Gasteiger partial charge in [-0.25, -0.2) is 0 Å². The number of nitrogens with zero attached hydrogens (tertiary/aromatic N) is 4. The Bertz CT molecular complexity index is 594. The molecule has 3 rings (SSSR count). The molecule has 3 heterocycles. The van der Waals surface area contributed by atoms with Gasteiger partial charge in [0.1, 0.15) is 0 Å². The van der Waals surface area contributed by atoms with Gasteiger partial charge < -0.3 is 14.2 Å². The number of amides is 1. The maximum absolute atomic E-state index is 12.7. The average Bonchev–Trinajstić information content (AvgIpc) is 2.90. The van der Waals surface area contributed by atoms with Crippen LogP contribution in [0.5, 0.6) is 0 Å². The first-order valence-electron chi connectivity index (χ1n) is 6.58. The van der Waals surface area contributed by atoms with Crippen LogP contribution in [0.3, 0.4) is 0 Å². The van der Waals surface area contributed by atoms with Crippen molar-refractivity contribution in [2.75, 3.05) is 13.2 Å². The molecule has 0 atom stereocenters. The molecule has 21 heavy (non-hydrogen) atoms. The lowest BCUT2D eigenvalue weighted by Gasteiger charge is -2.29. The number of allylic oxidation sites excluding steroid dienone is 1. The fraction of sp³-hybridized carbons (Fsp3) is 0.583. The van der Waals surface area contributed by atoms with Gasteiger partial charge >= 0.3 is 6.18 Å². The van der Waals surface area contributed by atoms with E-state index in [1.807, 2.05) is 0 Å². The van der Waals surface area contributed by atoms with E-state index in [0.717, 1.165) is 17.4 Å². The van der Waals surface area contributed by atoms with Crippen molar-refractivity contribution in [2.24, 2.45) is 0 Å². The summed E-state index contributed by atoms with van der Waals surface area (Å²) < 4.78 is 44.5. The maximum atomic E-state index is 12.7. The number of aromatic nitrogens is 3. The van der Waals surface area contributed by atoms with Crippen molar-refractivity contribution in [3.05, 3.63) is 23.5 Å². The summed E-state index contributed by atoms with van der Waals surface area (Å²) in [6, 6.07) is 0. The van der Waals surface area contributed by atoms with E-state index in [2.05, 4.69) is 10.2 Å². The largest absolute Gasteiger partial charge is 0.488 e. The first-order chi connectivity index (χ1) is 9.97. The Balaban J connectivity index is 1.78. The molecule has 0 aromatic carbocycles. The molecule has 2 aliphatic rings. The van der Waals surface area contributed by atoms with Crippen molar-refractivity contribution in [1.29, 1.82) is 0 Å². The fourth-order valence-electron chi connectivity index (χ4n) is 2.40. The molecule has 0 unspecified atom stereocenters. The lowest BCUT2D eigenvalue weighted by Crippen LogP contribution is -2.40. The van der Waals surface area contributed by atoms with E-state index in [1.165, 1.54) is 4.90 Å². The Morgan fingerprint density at radius 3 is 2.76 bits per heavy atom. The summed E-state index contributed by atoms with van der Waals surface area (Å²) in [5.74, 6) is -0.918. The summed E-state index contributed by atoms with van der Waals surface area (Å²) in [6.45, 7) is 0.687. The minimum absolute atomic E-state index is 0.00259. The van der Waals surface area contributed by atoms with Crippen molar-refractivity contribution in [3.63, 3.8) is 0 Å². The maximum Gasteiger partial charge on any atom is 0.451 e. The smallest absolute Gasteiger partial charge is 0.451 e. The first kappa shape index (κ1) is 13.9. The van der Waals surface area contributed by atoms with Gasteiger partial charge in [0.2, 0.25) is 5.82 Å².